The highest BCUT2D eigenvalue weighted by Crippen LogP contribution is 2.37. The van der Waals surface area contributed by atoms with Crippen molar-refractivity contribution in [2.75, 3.05) is 21.3 Å². The van der Waals surface area contributed by atoms with Crippen molar-refractivity contribution in [3.05, 3.63) is 51.5 Å². The van der Waals surface area contributed by atoms with Gasteiger partial charge in [0.1, 0.15) is 5.75 Å². The number of benzene rings is 2. The molecule has 0 saturated heterocycles. The Labute approximate surface area is 150 Å². The third-order valence-corrected chi connectivity index (χ3v) is 4.87. The van der Waals surface area contributed by atoms with Gasteiger partial charge in [0.05, 0.1) is 31.8 Å². The minimum absolute atomic E-state index is 0.0917. The van der Waals surface area contributed by atoms with Crippen molar-refractivity contribution in [3.8, 4) is 17.2 Å². The van der Waals surface area contributed by atoms with Crippen LogP contribution in [0.1, 0.15) is 22.7 Å². The third kappa shape index (κ3) is 3.26. The summed E-state index contributed by atoms with van der Waals surface area (Å²) in [6.45, 7) is 0. The Morgan fingerprint density at radius 2 is 1.75 bits per heavy atom. The summed E-state index contributed by atoms with van der Waals surface area (Å²) in [7, 11) is 4.98. The minimum atomic E-state index is 0.0917. The Morgan fingerprint density at radius 1 is 1.00 bits per heavy atom. The molecule has 0 fully saturated rings. The van der Waals surface area contributed by atoms with Crippen LogP contribution in [0.4, 0.5) is 0 Å². The van der Waals surface area contributed by atoms with E-state index in [1.807, 2.05) is 18.3 Å². The lowest BCUT2D eigenvalue weighted by atomic mass is 9.91. The van der Waals surface area contributed by atoms with Gasteiger partial charge in [-0.25, -0.2) is 0 Å². The molecule has 0 spiro atoms. The highest BCUT2D eigenvalue weighted by molar-refractivity contribution is 9.10. The molecule has 2 aromatic carbocycles. The van der Waals surface area contributed by atoms with Crippen molar-refractivity contribution in [2.24, 2.45) is 4.99 Å². The predicted octanol–water partition coefficient (Wildman–Crippen LogP) is 4.39. The third-order valence-electron chi connectivity index (χ3n) is 4.25. The fraction of sp³-hybridized carbons (Fsp3) is 0.316. The molecule has 1 unspecified atom stereocenters. The van der Waals surface area contributed by atoms with Gasteiger partial charge >= 0.3 is 0 Å². The lowest BCUT2D eigenvalue weighted by Gasteiger charge is -2.22. The van der Waals surface area contributed by atoms with Crippen LogP contribution in [-0.2, 0) is 12.8 Å². The van der Waals surface area contributed by atoms with E-state index in [1.165, 1.54) is 11.1 Å². The molecule has 0 radical (unpaired) electrons. The Balaban J connectivity index is 1.90. The zero-order valence-electron chi connectivity index (χ0n) is 14.0. The molecule has 0 aromatic heterocycles. The molecule has 24 heavy (non-hydrogen) atoms. The molecule has 2 aromatic rings. The van der Waals surface area contributed by atoms with Gasteiger partial charge in [-0.2, -0.15) is 0 Å². The van der Waals surface area contributed by atoms with Crippen LogP contribution in [0.3, 0.4) is 0 Å². The first kappa shape index (κ1) is 16.8. The zero-order chi connectivity index (χ0) is 17.1. The second kappa shape index (κ2) is 7.26. The number of fused-ring (bicyclic) bond motifs is 1. The summed E-state index contributed by atoms with van der Waals surface area (Å²) in [5.74, 6) is 2.33. The Morgan fingerprint density at radius 3 is 2.46 bits per heavy atom. The maximum Gasteiger partial charge on any atom is 0.160 e. The van der Waals surface area contributed by atoms with Gasteiger partial charge in [-0.3, -0.25) is 4.99 Å². The Hall–Kier alpha value is -2.01. The van der Waals surface area contributed by atoms with Gasteiger partial charge in [0.2, 0.25) is 0 Å². The van der Waals surface area contributed by atoms with Gasteiger partial charge in [-0.15, -0.1) is 0 Å². The van der Waals surface area contributed by atoms with Crippen molar-refractivity contribution < 1.29 is 14.2 Å². The fourth-order valence-corrected chi connectivity index (χ4v) is 3.53. The van der Waals surface area contributed by atoms with Crippen LogP contribution in [0.5, 0.6) is 17.2 Å². The van der Waals surface area contributed by atoms with E-state index in [9.17, 15) is 0 Å². The second-order valence-corrected chi connectivity index (χ2v) is 6.48. The van der Waals surface area contributed by atoms with E-state index < -0.39 is 0 Å². The van der Waals surface area contributed by atoms with Crippen LogP contribution in [0.25, 0.3) is 0 Å². The van der Waals surface area contributed by atoms with E-state index in [4.69, 9.17) is 19.2 Å². The summed E-state index contributed by atoms with van der Waals surface area (Å²) < 4.78 is 17.1. The van der Waals surface area contributed by atoms with E-state index >= 15 is 0 Å². The van der Waals surface area contributed by atoms with Crippen LogP contribution < -0.4 is 14.2 Å². The van der Waals surface area contributed by atoms with Crippen molar-refractivity contribution in [1.29, 1.82) is 0 Å². The van der Waals surface area contributed by atoms with Crippen molar-refractivity contribution in [2.45, 2.75) is 18.9 Å². The van der Waals surface area contributed by atoms with Crippen LogP contribution in [0.15, 0.2) is 39.8 Å². The molecule has 0 amide bonds. The monoisotopic (exact) mass is 389 g/mol. The Bertz CT molecular complexity index is 773. The smallest absolute Gasteiger partial charge is 0.160 e. The Kier molecular flexibility index (Phi) is 5.09. The van der Waals surface area contributed by atoms with E-state index in [0.29, 0.717) is 0 Å². The average Bonchev–Trinajstić information content (AvgIpc) is 2.61. The fourth-order valence-electron chi connectivity index (χ4n) is 3.01. The molecule has 126 valence electrons. The number of methoxy groups -OCH3 is 3. The lowest BCUT2D eigenvalue weighted by Crippen LogP contribution is -2.10. The van der Waals surface area contributed by atoms with Gasteiger partial charge in [-0.1, -0.05) is 6.07 Å². The molecule has 0 aliphatic carbocycles. The van der Waals surface area contributed by atoms with Gasteiger partial charge in [-0.05, 0) is 63.3 Å². The van der Waals surface area contributed by atoms with E-state index in [2.05, 4.69) is 34.1 Å². The quantitative estimate of drug-likeness (QED) is 0.761. The molecule has 5 heteroatoms. The highest BCUT2D eigenvalue weighted by Gasteiger charge is 2.20. The van der Waals surface area contributed by atoms with Crippen LogP contribution >= 0.6 is 15.9 Å². The summed E-state index contributed by atoms with van der Waals surface area (Å²) in [5, 5.41) is 0. The number of ether oxygens (including phenoxy) is 3. The molecular formula is C19H20BrNO3. The van der Waals surface area contributed by atoms with Crippen LogP contribution in [0, 0.1) is 0 Å². The first-order valence-corrected chi connectivity index (χ1v) is 8.54. The van der Waals surface area contributed by atoms with Crippen molar-refractivity contribution >= 4 is 22.1 Å². The SMILES string of the molecule is COc1cc2c(cc1Br)C(Cc1ccc(OC)c(OC)c1)N=CC2. The second-order valence-electron chi connectivity index (χ2n) is 5.63. The topological polar surface area (TPSA) is 40.0 Å². The molecule has 3 rings (SSSR count). The first-order valence-electron chi connectivity index (χ1n) is 7.75. The zero-order valence-corrected chi connectivity index (χ0v) is 15.6. The first-order chi connectivity index (χ1) is 11.7. The molecule has 1 aliphatic heterocycles. The van der Waals surface area contributed by atoms with Gasteiger partial charge in [0.25, 0.3) is 0 Å². The van der Waals surface area contributed by atoms with Gasteiger partial charge in [0, 0.05) is 12.6 Å². The summed E-state index contributed by atoms with van der Waals surface area (Å²) in [6.07, 6.45) is 3.63. The number of hydrogen-bond acceptors (Lipinski definition) is 4. The number of aliphatic imine (C=N–C) groups is 1. The summed E-state index contributed by atoms with van der Waals surface area (Å²) in [6, 6.07) is 10.3. The number of hydrogen-bond donors (Lipinski definition) is 0. The van der Waals surface area contributed by atoms with E-state index in [1.54, 1.807) is 21.3 Å². The van der Waals surface area contributed by atoms with Gasteiger partial charge in [0.15, 0.2) is 11.5 Å². The molecule has 0 N–H and O–H groups in total. The maximum atomic E-state index is 5.40. The average molecular weight is 390 g/mol. The molecule has 0 bridgehead atoms. The predicted molar refractivity (Wildman–Crippen MR) is 98.9 cm³/mol. The molecular weight excluding hydrogens is 370 g/mol. The number of halogens is 1. The maximum absolute atomic E-state index is 5.40. The van der Waals surface area contributed by atoms with Crippen molar-refractivity contribution in [1.82, 2.24) is 0 Å². The summed E-state index contributed by atoms with van der Waals surface area (Å²) in [4.78, 5) is 4.70. The summed E-state index contributed by atoms with van der Waals surface area (Å²) >= 11 is 3.58. The minimum Gasteiger partial charge on any atom is -0.496 e. The van der Waals surface area contributed by atoms with E-state index in [-0.39, 0.29) is 6.04 Å². The van der Waals surface area contributed by atoms with Crippen molar-refractivity contribution in [3.63, 3.8) is 0 Å². The van der Waals surface area contributed by atoms with Gasteiger partial charge < -0.3 is 14.2 Å². The number of rotatable bonds is 5. The van der Waals surface area contributed by atoms with Crippen LogP contribution in [0.2, 0.25) is 0 Å². The normalized spacial score (nSPS) is 15.8. The molecule has 0 saturated carbocycles. The highest BCUT2D eigenvalue weighted by atomic mass is 79.9. The largest absolute Gasteiger partial charge is 0.496 e. The molecule has 1 aliphatic rings. The lowest BCUT2D eigenvalue weighted by molar-refractivity contribution is 0.354. The molecule has 1 heterocycles. The van der Waals surface area contributed by atoms with E-state index in [0.717, 1.165) is 40.1 Å². The molecule has 1 atom stereocenters. The number of nitrogens with zero attached hydrogens (tertiary/aromatic N) is 1. The standard InChI is InChI=1S/C19H20BrNO3/c1-22-17-5-4-12(9-19(17)24-3)8-16-14-11-15(20)18(23-2)10-13(14)6-7-21-16/h4-5,7,9-11,16H,6,8H2,1-3H3. The summed E-state index contributed by atoms with van der Waals surface area (Å²) in [5.41, 5.74) is 3.66. The van der Waals surface area contributed by atoms with Crippen LogP contribution in [-0.4, -0.2) is 27.5 Å². The molecule has 4 nitrogen and oxygen atoms in total.